The van der Waals surface area contributed by atoms with E-state index < -0.39 is 23.8 Å². The van der Waals surface area contributed by atoms with E-state index in [1.165, 1.54) is 37.4 Å². The molecule has 146 valence electrons. The molecule has 8 heteroatoms. The Hall–Kier alpha value is -3.81. The zero-order valence-electron chi connectivity index (χ0n) is 15.7. The number of imidazole rings is 1. The number of carbonyl (C=O) groups excluding carboxylic acids is 3. The first kappa shape index (κ1) is 18.5. The molecule has 29 heavy (non-hydrogen) atoms. The van der Waals surface area contributed by atoms with Crippen molar-refractivity contribution in [1.82, 2.24) is 19.8 Å². The molecule has 0 spiro atoms. The van der Waals surface area contributed by atoms with Crippen molar-refractivity contribution < 1.29 is 18.8 Å². The van der Waals surface area contributed by atoms with Crippen LogP contribution in [0.15, 0.2) is 54.9 Å². The number of carbonyl (C=O) groups is 3. The Kier molecular flexibility index (Phi) is 4.46. The van der Waals surface area contributed by atoms with Crippen LogP contribution in [0.1, 0.15) is 48.5 Å². The van der Waals surface area contributed by atoms with Crippen LogP contribution in [0.5, 0.6) is 0 Å². The molecular formula is C21H17FN4O3. The summed E-state index contributed by atoms with van der Waals surface area (Å²) in [6.07, 6.45) is 3.35. The quantitative estimate of drug-likeness (QED) is 0.691. The molecule has 1 aromatic heterocycles. The van der Waals surface area contributed by atoms with Crippen molar-refractivity contribution in [3.63, 3.8) is 0 Å². The Bertz CT molecular complexity index is 1140. The molecule has 0 radical (unpaired) electrons. The van der Waals surface area contributed by atoms with E-state index in [4.69, 9.17) is 0 Å². The van der Waals surface area contributed by atoms with E-state index in [1.807, 2.05) is 0 Å². The summed E-state index contributed by atoms with van der Waals surface area (Å²) in [7, 11) is 3.19. The average molecular weight is 392 g/mol. The molecule has 3 aromatic rings. The molecule has 0 saturated heterocycles. The lowest BCUT2D eigenvalue weighted by Gasteiger charge is -2.19. The minimum atomic E-state index is -0.628. The fraction of sp³-hybridized carbons (Fsp3) is 0.143. The molecule has 1 aliphatic rings. The van der Waals surface area contributed by atoms with Gasteiger partial charge in [-0.1, -0.05) is 12.1 Å². The lowest BCUT2D eigenvalue weighted by molar-refractivity contribution is 0.0693. The topological polar surface area (TPSA) is 84.3 Å². The van der Waals surface area contributed by atoms with Crippen molar-refractivity contribution in [2.75, 3.05) is 7.05 Å². The van der Waals surface area contributed by atoms with Crippen LogP contribution in [0, 0.1) is 5.82 Å². The summed E-state index contributed by atoms with van der Waals surface area (Å²) in [5.74, 6) is -1.10. The van der Waals surface area contributed by atoms with Gasteiger partial charge in [-0.25, -0.2) is 9.37 Å². The molecule has 0 saturated carbocycles. The first-order chi connectivity index (χ1) is 13.9. The van der Waals surface area contributed by atoms with E-state index in [0.29, 0.717) is 11.4 Å². The summed E-state index contributed by atoms with van der Waals surface area (Å²) in [4.78, 5) is 42.5. The van der Waals surface area contributed by atoms with Crippen LogP contribution in [0.3, 0.4) is 0 Å². The van der Waals surface area contributed by atoms with E-state index in [9.17, 15) is 18.8 Å². The fourth-order valence-electron chi connectivity index (χ4n) is 3.32. The van der Waals surface area contributed by atoms with Gasteiger partial charge in [0, 0.05) is 32.1 Å². The van der Waals surface area contributed by atoms with E-state index in [-0.39, 0.29) is 22.5 Å². The number of amides is 3. The minimum Gasteiger partial charge on any atom is -0.338 e. The van der Waals surface area contributed by atoms with E-state index in [1.54, 1.807) is 36.1 Å². The van der Waals surface area contributed by atoms with Crippen molar-refractivity contribution in [2.45, 2.75) is 6.04 Å². The molecule has 1 atom stereocenters. The molecule has 0 bridgehead atoms. The monoisotopic (exact) mass is 392 g/mol. The van der Waals surface area contributed by atoms with Crippen LogP contribution in [0.4, 0.5) is 4.39 Å². The summed E-state index contributed by atoms with van der Waals surface area (Å²) < 4.78 is 15.1. The number of hydrogen-bond donors (Lipinski definition) is 1. The third kappa shape index (κ3) is 3.18. The van der Waals surface area contributed by atoms with Crippen LogP contribution in [0.2, 0.25) is 0 Å². The maximum Gasteiger partial charge on any atom is 0.261 e. The molecule has 3 amide bonds. The predicted octanol–water partition coefficient (Wildman–Crippen LogP) is 2.30. The lowest BCUT2D eigenvalue weighted by atomic mass is 10.0. The third-order valence-corrected chi connectivity index (χ3v) is 4.95. The number of rotatable bonds is 4. The van der Waals surface area contributed by atoms with E-state index >= 15 is 0 Å². The maximum absolute atomic E-state index is 13.4. The van der Waals surface area contributed by atoms with Gasteiger partial charge >= 0.3 is 0 Å². The predicted molar refractivity (Wildman–Crippen MR) is 102 cm³/mol. The molecule has 0 aliphatic carbocycles. The number of nitrogens with one attached hydrogen (secondary N) is 1. The SMILES string of the molecule is CN1C(=O)c2ccc(C(=O)N[C@H](c3ccc(F)cc3)c3nccn3C)cc2C1=O. The number of aryl methyl sites for hydroxylation is 1. The summed E-state index contributed by atoms with van der Waals surface area (Å²) in [6.45, 7) is 0. The average Bonchev–Trinajstić information content (AvgIpc) is 3.24. The Morgan fingerprint density at radius 1 is 1.03 bits per heavy atom. The van der Waals surface area contributed by atoms with Crippen molar-refractivity contribution in [3.05, 3.63) is 88.8 Å². The van der Waals surface area contributed by atoms with Gasteiger partial charge < -0.3 is 9.88 Å². The Morgan fingerprint density at radius 2 is 1.72 bits per heavy atom. The molecule has 1 N–H and O–H groups in total. The van der Waals surface area contributed by atoms with Crippen molar-refractivity contribution in [2.24, 2.45) is 7.05 Å². The second kappa shape index (κ2) is 6.97. The lowest BCUT2D eigenvalue weighted by Crippen LogP contribution is -2.31. The molecular weight excluding hydrogens is 375 g/mol. The zero-order chi connectivity index (χ0) is 20.7. The summed E-state index contributed by atoms with van der Waals surface area (Å²) in [5.41, 5.74) is 1.36. The van der Waals surface area contributed by atoms with Gasteiger partial charge in [0.05, 0.1) is 11.1 Å². The standard InChI is InChI=1S/C21H17FN4O3/c1-25-10-9-23-18(25)17(12-3-6-14(22)7-4-12)24-19(27)13-5-8-15-16(11-13)21(29)26(2)20(15)28/h3-11,17H,1-2H3,(H,24,27)/t17-/m1/s1. The van der Waals surface area contributed by atoms with Crippen molar-refractivity contribution in [3.8, 4) is 0 Å². The number of hydrogen-bond acceptors (Lipinski definition) is 4. The van der Waals surface area contributed by atoms with Crippen molar-refractivity contribution >= 4 is 17.7 Å². The van der Waals surface area contributed by atoms with Gasteiger partial charge in [0.1, 0.15) is 17.7 Å². The molecule has 2 heterocycles. The first-order valence-corrected chi connectivity index (χ1v) is 8.87. The smallest absolute Gasteiger partial charge is 0.261 e. The van der Waals surface area contributed by atoms with Crippen molar-refractivity contribution in [1.29, 1.82) is 0 Å². The van der Waals surface area contributed by atoms with Gasteiger partial charge in [-0.15, -0.1) is 0 Å². The summed E-state index contributed by atoms with van der Waals surface area (Å²) >= 11 is 0. The second-order valence-corrected chi connectivity index (χ2v) is 6.78. The highest BCUT2D eigenvalue weighted by molar-refractivity contribution is 6.21. The van der Waals surface area contributed by atoms with Gasteiger partial charge in [0.25, 0.3) is 17.7 Å². The fourth-order valence-corrected chi connectivity index (χ4v) is 3.32. The number of fused-ring (bicyclic) bond motifs is 1. The highest BCUT2D eigenvalue weighted by atomic mass is 19.1. The minimum absolute atomic E-state index is 0.195. The molecule has 2 aromatic carbocycles. The van der Waals surface area contributed by atoms with Gasteiger partial charge in [-0.2, -0.15) is 0 Å². The highest BCUT2D eigenvalue weighted by Gasteiger charge is 2.33. The number of imide groups is 1. The van der Waals surface area contributed by atoms with Crippen LogP contribution >= 0.6 is 0 Å². The number of halogens is 1. The van der Waals surface area contributed by atoms with Gasteiger partial charge in [-0.05, 0) is 35.9 Å². The second-order valence-electron chi connectivity index (χ2n) is 6.78. The molecule has 4 rings (SSSR count). The highest BCUT2D eigenvalue weighted by Crippen LogP contribution is 2.25. The molecule has 7 nitrogen and oxygen atoms in total. The molecule has 1 aliphatic heterocycles. The maximum atomic E-state index is 13.4. The Balaban J connectivity index is 1.68. The van der Waals surface area contributed by atoms with Gasteiger partial charge in [-0.3, -0.25) is 19.3 Å². The number of aromatic nitrogens is 2. The van der Waals surface area contributed by atoms with Crippen LogP contribution in [-0.4, -0.2) is 39.2 Å². The Morgan fingerprint density at radius 3 is 2.38 bits per heavy atom. The normalized spacial score (nSPS) is 14.1. The third-order valence-electron chi connectivity index (χ3n) is 4.95. The summed E-state index contributed by atoms with van der Waals surface area (Å²) in [6, 6.07) is 9.54. The first-order valence-electron chi connectivity index (χ1n) is 8.87. The van der Waals surface area contributed by atoms with Crippen LogP contribution in [0.25, 0.3) is 0 Å². The van der Waals surface area contributed by atoms with Crippen LogP contribution in [-0.2, 0) is 7.05 Å². The van der Waals surface area contributed by atoms with E-state index in [0.717, 1.165) is 4.90 Å². The van der Waals surface area contributed by atoms with Gasteiger partial charge in [0.15, 0.2) is 0 Å². The largest absolute Gasteiger partial charge is 0.338 e. The summed E-state index contributed by atoms with van der Waals surface area (Å²) in [5, 5.41) is 2.89. The van der Waals surface area contributed by atoms with Crippen LogP contribution < -0.4 is 5.32 Å². The molecule has 0 unspecified atom stereocenters. The molecule has 0 fully saturated rings. The Labute approximate surface area is 165 Å². The van der Waals surface area contributed by atoms with E-state index in [2.05, 4.69) is 10.3 Å². The van der Waals surface area contributed by atoms with Gasteiger partial charge in [0.2, 0.25) is 0 Å². The number of nitrogens with zero attached hydrogens (tertiary/aromatic N) is 3. The zero-order valence-corrected chi connectivity index (χ0v) is 15.7. The number of benzene rings is 2.